The van der Waals surface area contributed by atoms with Gasteiger partial charge in [-0.05, 0) is 37.0 Å². The van der Waals surface area contributed by atoms with Crippen molar-refractivity contribution in [1.29, 1.82) is 5.26 Å². The van der Waals surface area contributed by atoms with Crippen LogP contribution in [-0.4, -0.2) is 33.0 Å². The highest BCUT2D eigenvalue weighted by atomic mass is 16.5. The molecule has 2 aliphatic heterocycles. The van der Waals surface area contributed by atoms with Crippen LogP contribution in [-0.2, 0) is 4.74 Å². The number of H-pyrrole nitrogens is 1. The van der Waals surface area contributed by atoms with Gasteiger partial charge in [0.05, 0.1) is 18.1 Å². The highest BCUT2D eigenvalue weighted by Crippen LogP contribution is 2.46. The maximum Gasteiger partial charge on any atom is 0.244 e. The summed E-state index contributed by atoms with van der Waals surface area (Å²) in [7, 11) is 0. The van der Waals surface area contributed by atoms with Crippen LogP contribution in [0.2, 0.25) is 0 Å². The fraction of sp³-hybridized carbons (Fsp3) is 0.348. The first-order valence-corrected chi connectivity index (χ1v) is 10.6. The van der Waals surface area contributed by atoms with Gasteiger partial charge in [0.25, 0.3) is 0 Å². The Kier molecular flexibility index (Phi) is 4.11. The second-order valence-electron chi connectivity index (χ2n) is 8.36. The van der Waals surface area contributed by atoms with Gasteiger partial charge in [0, 0.05) is 42.2 Å². The van der Waals surface area contributed by atoms with E-state index in [2.05, 4.69) is 50.1 Å². The molecule has 2 unspecified atom stereocenters. The van der Waals surface area contributed by atoms with Crippen LogP contribution in [0.4, 0.5) is 0 Å². The van der Waals surface area contributed by atoms with Crippen molar-refractivity contribution < 1.29 is 9.47 Å². The van der Waals surface area contributed by atoms with Crippen LogP contribution in [0.3, 0.4) is 0 Å². The number of allylic oxidation sites excluding steroid dienone is 1. The number of hydrogen-bond acceptors (Lipinski definition) is 6. The van der Waals surface area contributed by atoms with Gasteiger partial charge in [-0.15, -0.1) is 5.10 Å². The van der Waals surface area contributed by atoms with Crippen LogP contribution >= 0.6 is 0 Å². The first-order chi connectivity index (χ1) is 15.2. The molecule has 3 aromatic rings. The zero-order chi connectivity index (χ0) is 20.9. The Balaban J connectivity index is 1.42. The molecule has 1 aromatic carbocycles. The second kappa shape index (κ2) is 7.00. The molecule has 156 valence electrons. The molecule has 3 aliphatic rings. The van der Waals surface area contributed by atoms with Crippen molar-refractivity contribution in [2.45, 2.75) is 37.0 Å². The molecular formula is C23H22N6O2. The van der Waals surface area contributed by atoms with Crippen LogP contribution in [0.5, 0.6) is 5.88 Å². The molecule has 1 saturated heterocycles. The number of ether oxygens (including phenoxy) is 2. The summed E-state index contributed by atoms with van der Waals surface area (Å²) in [5.41, 5.74) is 10.4. The molecule has 0 spiro atoms. The van der Waals surface area contributed by atoms with E-state index in [0.29, 0.717) is 24.0 Å². The number of nitrogens with one attached hydrogen (secondary N) is 1. The summed E-state index contributed by atoms with van der Waals surface area (Å²) in [6.45, 7) is 1.35. The zero-order valence-electron chi connectivity index (χ0n) is 16.9. The number of hydrogen-bond donors (Lipinski definition) is 2. The number of imidazole rings is 1. The van der Waals surface area contributed by atoms with Crippen LogP contribution in [0.25, 0.3) is 5.69 Å². The van der Waals surface area contributed by atoms with Gasteiger partial charge in [-0.25, -0.2) is 4.98 Å². The quantitative estimate of drug-likeness (QED) is 0.677. The molecule has 6 rings (SSSR count). The van der Waals surface area contributed by atoms with Gasteiger partial charge in [0.1, 0.15) is 17.5 Å². The Morgan fingerprint density at radius 2 is 2.00 bits per heavy atom. The number of nitrogens with zero attached hydrogens (tertiary/aromatic N) is 4. The molecule has 2 atom stereocenters. The minimum atomic E-state index is -0.331. The molecule has 4 heterocycles. The van der Waals surface area contributed by atoms with Gasteiger partial charge < -0.3 is 19.8 Å². The summed E-state index contributed by atoms with van der Waals surface area (Å²) >= 11 is 0. The van der Waals surface area contributed by atoms with Gasteiger partial charge in [-0.1, -0.05) is 12.1 Å². The SMILES string of the molecule is N#CC1=C(N)Oc2n[nH]c(C3CCOC3)c2C1c1ccc(-n2ccnc2C2CC2)cc1. The van der Waals surface area contributed by atoms with Gasteiger partial charge in [0.15, 0.2) is 0 Å². The summed E-state index contributed by atoms with van der Waals surface area (Å²) in [4.78, 5) is 4.54. The minimum absolute atomic E-state index is 0.107. The molecule has 8 nitrogen and oxygen atoms in total. The fourth-order valence-corrected chi connectivity index (χ4v) is 4.68. The molecule has 1 aliphatic carbocycles. The largest absolute Gasteiger partial charge is 0.420 e. The molecule has 1 saturated carbocycles. The molecular weight excluding hydrogens is 392 g/mol. The first kappa shape index (κ1) is 18.2. The van der Waals surface area contributed by atoms with Gasteiger partial charge in [-0.2, -0.15) is 5.26 Å². The summed E-state index contributed by atoms with van der Waals surface area (Å²) in [5, 5.41) is 17.4. The normalized spacial score (nSPS) is 22.8. The third-order valence-electron chi connectivity index (χ3n) is 6.42. The number of rotatable bonds is 4. The third kappa shape index (κ3) is 2.93. The molecule has 2 fully saturated rings. The highest BCUT2D eigenvalue weighted by molar-refractivity contribution is 5.56. The highest BCUT2D eigenvalue weighted by Gasteiger charge is 2.38. The summed E-state index contributed by atoms with van der Waals surface area (Å²) in [5.74, 6) is 2.09. The Morgan fingerprint density at radius 3 is 2.71 bits per heavy atom. The van der Waals surface area contributed by atoms with E-state index in [0.717, 1.165) is 41.4 Å². The lowest BCUT2D eigenvalue weighted by Gasteiger charge is -2.25. The van der Waals surface area contributed by atoms with Crippen LogP contribution in [0, 0.1) is 11.3 Å². The molecule has 0 amide bonds. The van der Waals surface area contributed by atoms with Crippen molar-refractivity contribution in [2.75, 3.05) is 13.2 Å². The summed E-state index contributed by atoms with van der Waals surface area (Å²) < 4.78 is 13.4. The Morgan fingerprint density at radius 1 is 1.16 bits per heavy atom. The average molecular weight is 414 g/mol. The minimum Gasteiger partial charge on any atom is -0.420 e. The van der Waals surface area contributed by atoms with Crippen molar-refractivity contribution in [3.63, 3.8) is 0 Å². The molecule has 2 aromatic heterocycles. The third-order valence-corrected chi connectivity index (χ3v) is 6.42. The van der Waals surface area contributed by atoms with E-state index in [-0.39, 0.29) is 17.7 Å². The topological polar surface area (TPSA) is 115 Å². The van der Waals surface area contributed by atoms with E-state index in [1.165, 1.54) is 12.8 Å². The monoisotopic (exact) mass is 414 g/mol. The summed E-state index contributed by atoms with van der Waals surface area (Å²) in [6.07, 6.45) is 7.16. The zero-order valence-corrected chi connectivity index (χ0v) is 16.9. The number of aromatic amines is 1. The van der Waals surface area contributed by atoms with E-state index in [9.17, 15) is 5.26 Å². The van der Waals surface area contributed by atoms with Crippen molar-refractivity contribution in [3.8, 4) is 17.6 Å². The number of fused-ring (bicyclic) bond motifs is 1. The molecule has 3 N–H and O–H groups in total. The van der Waals surface area contributed by atoms with E-state index in [4.69, 9.17) is 15.2 Å². The Hall–Kier alpha value is -3.57. The smallest absolute Gasteiger partial charge is 0.244 e. The predicted octanol–water partition coefficient (Wildman–Crippen LogP) is 3.19. The predicted molar refractivity (Wildman–Crippen MR) is 112 cm³/mol. The second-order valence-corrected chi connectivity index (χ2v) is 8.36. The van der Waals surface area contributed by atoms with Crippen LogP contribution in [0.15, 0.2) is 48.1 Å². The maximum absolute atomic E-state index is 9.89. The summed E-state index contributed by atoms with van der Waals surface area (Å²) in [6, 6.07) is 10.5. The standard InChI is InChI=1S/C23H22N6O2/c24-11-17-18(19-20(15-7-10-30-12-15)27-28-23(19)31-21(17)25)13-3-5-16(6-4-13)29-9-8-26-22(29)14-1-2-14/h3-6,8-9,14-15,18H,1-2,7,10,12,25H2,(H,27,28). The first-order valence-electron chi connectivity index (χ1n) is 10.6. The van der Waals surface area contributed by atoms with Crippen molar-refractivity contribution in [1.82, 2.24) is 19.7 Å². The molecule has 8 heteroatoms. The van der Waals surface area contributed by atoms with Gasteiger partial charge in [-0.3, -0.25) is 5.10 Å². The molecule has 0 radical (unpaired) electrons. The van der Waals surface area contributed by atoms with Crippen molar-refractivity contribution in [2.24, 2.45) is 5.73 Å². The molecule has 0 bridgehead atoms. The van der Waals surface area contributed by atoms with E-state index < -0.39 is 0 Å². The lowest BCUT2D eigenvalue weighted by atomic mass is 9.82. The maximum atomic E-state index is 9.89. The van der Waals surface area contributed by atoms with E-state index >= 15 is 0 Å². The average Bonchev–Trinajstić information content (AvgIpc) is 3.19. The lowest BCUT2D eigenvalue weighted by molar-refractivity contribution is 0.193. The van der Waals surface area contributed by atoms with Crippen LogP contribution in [0.1, 0.15) is 59.7 Å². The number of benzene rings is 1. The fourth-order valence-electron chi connectivity index (χ4n) is 4.68. The Labute approximate surface area is 179 Å². The van der Waals surface area contributed by atoms with E-state index in [1.807, 2.05) is 12.4 Å². The molecule has 31 heavy (non-hydrogen) atoms. The van der Waals surface area contributed by atoms with Crippen molar-refractivity contribution in [3.05, 3.63) is 70.8 Å². The number of nitriles is 1. The Bertz CT molecular complexity index is 1210. The van der Waals surface area contributed by atoms with E-state index in [1.54, 1.807) is 0 Å². The van der Waals surface area contributed by atoms with Gasteiger partial charge in [0.2, 0.25) is 11.8 Å². The number of aromatic nitrogens is 4. The lowest BCUT2D eigenvalue weighted by Crippen LogP contribution is -2.22. The van der Waals surface area contributed by atoms with Crippen molar-refractivity contribution >= 4 is 0 Å². The van der Waals surface area contributed by atoms with Crippen LogP contribution < -0.4 is 10.5 Å². The van der Waals surface area contributed by atoms with Gasteiger partial charge >= 0.3 is 0 Å². The number of nitrogens with two attached hydrogens (primary N) is 1.